The van der Waals surface area contributed by atoms with Crippen molar-refractivity contribution in [3.05, 3.63) is 33.8 Å². The van der Waals surface area contributed by atoms with Crippen LogP contribution in [0.4, 0.5) is 0 Å². The molecule has 1 aliphatic heterocycles. The van der Waals surface area contributed by atoms with Crippen molar-refractivity contribution in [3.8, 4) is 0 Å². The molecular weight excluding hydrogens is 280 g/mol. The molecule has 0 spiro atoms. The zero-order valence-corrected chi connectivity index (χ0v) is 11.1. The third-order valence-corrected chi connectivity index (χ3v) is 4.20. The Bertz CT molecular complexity index is 470. The average Bonchev–Trinajstić information content (AvgIpc) is 3.08. The summed E-state index contributed by atoms with van der Waals surface area (Å²) < 4.78 is 1.03. The molecule has 1 heterocycles. The summed E-state index contributed by atoms with van der Waals surface area (Å²) in [5, 5.41) is 0. The highest BCUT2D eigenvalue weighted by Gasteiger charge is 2.40. The second kappa shape index (κ2) is 4.10. The van der Waals surface area contributed by atoms with Crippen LogP contribution < -0.4 is 5.73 Å². The fourth-order valence-electron chi connectivity index (χ4n) is 2.63. The highest BCUT2D eigenvalue weighted by molar-refractivity contribution is 9.10. The van der Waals surface area contributed by atoms with Crippen molar-refractivity contribution in [1.82, 2.24) is 4.90 Å². The summed E-state index contributed by atoms with van der Waals surface area (Å²) in [6.45, 7) is 1.29. The Balaban J connectivity index is 1.89. The lowest BCUT2D eigenvalue weighted by Gasteiger charge is -2.26. The third kappa shape index (κ3) is 1.89. The fourth-order valence-corrected chi connectivity index (χ4v) is 3.04. The zero-order chi connectivity index (χ0) is 12.0. The summed E-state index contributed by atoms with van der Waals surface area (Å²) in [5.74, 6) is 0.775. The van der Waals surface area contributed by atoms with E-state index in [1.165, 1.54) is 12.8 Å². The topological polar surface area (TPSA) is 46.3 Å². The maximum atomic E-state index is 12.3. The number of carbonyl (C=O) groups is 1. The summed E-state index contributed by atoms with van der Waals surface area (Å²) in [6.07, 6.45) is 2.43. The fraction of sp³-hybridized carbons (Fsp3) is 0.462. The summed E-state index contributed by atoms with van der Waals surface area (Å²) in [5.41, 5.74) is 7.77. The molecule has 1 aromatic rings. The molecule has 2 aliphatic rings. The zero-order valence-electron chi connectivity index (χ0n) is 9.53. The molecule has 1 unspecified atom stereocenters. The van der Waals surface area contributed by atoms with Crippen LogP contribution in [0.2, 0.25) is 0 Å². The number of benzene rings is 1. The van der Waals surface area contributed by atoms with Gasteiger partial charge in [-0.05, 0) is 42.5 Å². The molecule has 0 saturated heterocycles. The molecule has 1 amide bonds. The van der Waals surface area contributed by atoms with Crippen molar-refractivity contribution in [1.29, 1.82) is 0 Å². The minimum absolute atomic E-state index is 0.148. The first-order valence-electron chi connectivity index (χ1n) is 6.00. The summed E-state index contributed by atoms with van der Waals surface area (Å²) in [4.78, 5) is 14.2. The van der Waals surface area contributed by atoms with Gasteiger partial charge in [-0.15, -0.1) is 0 Å². The van der Waals surface area contributed by atoms with Crippen molar-refractivity contribution in [2.75, 3.05) is 6.54 Å². The maximum absolute atomic E-state index is 12.3. The first-order chi connectivity index (χ1) is 8.20. The number of hydrogen-bond acceptors (Lipinski definition) is 2. The number of amides is 1. The first kappa shape index (κ1) is 11.2. The number of nitrogens with two attached hydrogens (primary N) is 1. The van der Waals surface area contributed by atoms with Gasteiger partial charge in [0.2, 0.25) is 0 Å². The molecule has 1 atom stereocenters. The van der Waals surface area contributed by atoms with Crippen LogP contribution >= 0.6 is 15.9 Å². The third-order valence-electron chi connectivity index (χ3n) is 3.71. The predicted molar refractivity (Wildman–Crippen MR) is 69.6 cm³/mol. The molecule has 1 fully saturated rings. The number of nitrogens with zero attached hydrogens (tertiary/aromatic N) is 1. The van der Waals surface area contributed by atoms with Crippen molar-refractivity contribution >= 4 is 21.8 Å². The van der Waals surface area contributed by atoms with Gasteiger partial charge in [0.05, 0.1) is 0 Å². The van der Waals surface area contributed by atoms with Crippen LogP contribution in [-0.4, -0.2) is 23.4 Å². The Morgan fingerprint density at radius 3 is 2.88 bits per heavy atom. The molecule has 1 aliphatic carbocycles. The molecule has 1 saturated carbocycles. The quantitative estimate of drug-likeness (QED) is 0.928. The first-order valence-corrected chi connectivity index (χ1v) is 6.79. The smallest absolute Gasteiger partial charge is 0.254 e. The molecule has 0 aromatic heterocycles. The van der Waals surface area contributed by atoms with E-state index in [2.05, 4.69) is 15.9 Å². The van der Waals surface area contributed by atoms with Gasteiger partial charge < -0.3 is 10.6 Å². The van der Waals surface area contributed by atoms with Gasteiger partial charge in [0.15, 0.2) is 0 Å². The van der Waals surface area contributed by atoms with Gasteiger partial charge in [0.1, 0.15) is 0 Å². The molecular formula is C13H15BrN2O. The van der Waals surface area contributed by atoms with Crippen LogP contribution in [0.15, 0.2) is 22.7 Å². The normalized spacial score (nSPS) is 20.6. The molecule has 4 heteroatoms. The maximum Gasteiger partial charge on any atom is 0.254 e. The summed E-state index contributed by atoms with van der Waals surface area (Å²) >= 11 is 3.45. The van der Waals surface area contributed by atoms with Crippen LogP contribution in [-0.2, 0) is 6.54 Å². The molecule has 3 nitrogen and oxygen atoms in total. The Labute approximate surface area is 109 Å². The molecule has 0 bridgehead atoms. The number of hydrogen-bond donors (Lipinski definition) is 1. The number of rotatable bonds is 3. The SMILES string of the molecule is NCC(C1CC1)N1Cc2cc(Br)ccc2C1=O. The van der Waals surface area contributed by atoms with Crippen LogP contribution in [0.1, 0.15) is 28.8 Å². The standard InChI is InChI=1S/C13H15BrN2O/c14-10-3-4-11-9(5-10)7-16(13(11)17)12(6-15)8-1-2-8/h3-5,8,12H,1-2,6-7,15H2. The van der Waals surface area contributed by atoms with Crippen molar-refractivity contribution in [2.24, 2.45) is 11.7 Å². The van der Waals surface area contributed by atoms with Gasteiger partial charge in [0, 0.05) is 29.2 Å². The highest BCUT2D eigenvalue weighted by Crippen LogP contribution is 2.38. The summed E-state index contributed by atoms with van der Waals surface area (Å²) in [7, 11) is 0. The molecule has 3 rings (SSSR count). The van der Waals surface area contributed by atoms with E-state index in [0.29, 0.717) is 19.0 Å². The molecule has 2 N–H and O–H groups in total. The van der Waals surface area contributed by atoms with E-state index in [1.54, 1.807) is 0 Å². The van der Waals surface area contributed by atoms with Crippen LogP contribution in [0.25, 0.3) is 0 Å². The highest BCUT2D eigenvalue weighted by atomic mass is 79.9. The molecule has 0 radical (unpaired) electrons. The predicted octanol–water partition coefficient (Wildman–Crippen LogP) is 2.14. The summed E-state index contributed by atoms with van der Waals surface area (Å²) in [6, 6.07) is 6.10. The van der Waals surface area contributed by atoms with Gasteiger partial charge in [-0.3, -0.25) is 4.79 Å². The van der Waals surface area contributed by atoms with E-state index >= 15 is 0 Å². The Kier molecular flexibility index (Phi) is 2.71. The molecule has 90 valence electrons. The number of carbonyl (C=O) groups excluding carboxylic acids is 1. The van der Waals surface area contributed by atoms with Crippen molar-refractivity contribution < 1.29 is 4.79 Å². The molecule has 17 heavy (non-hydrogen) atoms. The van der Waals surface area contributed by atoms with Gasteiger partial charge in [-0.25, -0.2) is 0 Å². The lowest BCUT2D eigenvalue weighted by atomic mass is 10.1. The van der Waals surface area contributed by atoms with Gasteiger partial charge in [0.25, 0.3) is 5.91 Å². The van der Waals surface area contributed by atoms with Crippen LogP contribution in [0.5, 0.6) is 0 Å². The van der Waals surface area contributed by atoms with E-state index in [4.69, 9.17) is 5.73 Å². The minimum Gasteiger partial charge on any atom is -0.330 e. The van der Waals surface area contributed by atoms with E-state index in [-0.39, 0.29) is 11.9 Å². The van der Waals surface area contributed by atoms with E-state index in [0.717, 1.165) is 15.6 Å². The van der Waals surface area contributed by atoms with Gasteiger partial charge in [-0.2, -0.15) is 0 Å². The monoisotopic (exact) mass is 294 g/mol. The second-order valence-electron chi connectivity index (χ2n) is 4.88. The molecule has 1 aromatic carbocycles. The van der Waals surface area contributed by atoms with Gasteiger partial charge >= 0.3 is 0 Å². The van der Waals surface area contributed by atoms with Crippen LogP contribution in [0.3, 0.4) is 0 Å². The average molecular weight is 295 g/mol. The Morgan fingerprint density at radius 1 is 1.47 bits per heavy atom. The van der Waals surface area contributed by atoms with E-state index in [9.17, 15) is 4.79 Å². The Morgan fingerprint density at radius 2 is 2.24 bits per heavy atom. The second-order valence-corrected chi connectivity index (χ2v) is 5.79. The van der Waals surface area contributed by atoms with Crippen LogP contribution in [0, 0.1) is 5.92 Å². The Hall–Kier alpha value is -0.870. The minimum atomic E-state index is 0.148. The van der Waals surface area contributed by atoms with E-state index in [1.807, 2.05) is 23.1 Å². The van der Waals surface area contributed by atoms with Crippen molar-refractivity contribution in [3.63, 3.8) is 0 Å². The largest absolute Gasteiger partial charge is 0.330 e. The lowest BCUT2D eigenvalue weighted by molar-refractivity contribution is 0.0687. The number of fused-ring (bicyclic) bond motifs is 1. The van der Waals surface area contributed by atoms with E-state index < -0.39 is 0 Å². The lowest BCUT2D eigenvalue weighted by Crippen LogP contribution is -2.42. The number of halogens is 1. The van der Waals surface area contributed by atoms with Crippen molar-refractivity contribution in [2.45, 2.75) is 25.4 Å². The van der Waals surface area contributed by atoms with Gasteiger partial charge in [-0.1, -0.05) is 15.9 Å².